The van der Waals surface area contributed by atoms with Gasteiger partial charge in [-0.25, -0.2) is 4.79 Å². The monoisotopic (exact) mass is 224 g/mol. The lowest BCUT2D eigenvalue weighted by Gasteiger charge is -2.06. The van der Waals surface area contributed by atoms with Gasteiger partial charge < -0.3 is 14.1 Å². The predicted octanol–water partition coefficient (Wildman–Crippen LogP) is 0.371. The fraction of sp³-hybridized carbons (Fsp3) is 0.417. The van der Waals surface area contributed by atoms with Gasteiger partial charge in [-0.15, -0.1) is 0 Å². The Morgan fingerprint density at radius 3 is 3.00 bits per heavy atom. The first-order valence-corrected chi connectivity index (χ1v) is 5.36. The Morgan fingerprint density at radius 2 is 2.38 bits per heavy atom. The van der Waals surface area contributed by atoms with Crippen molar-refractivity contribution >= 4 is 12.0 Å². The topological polar surface area (TPSA) is 43.9 Å². The second-order valence-corrected chi connectivity index (χ2v) is 3.83. The van der Waals surface area contributed by atoms with Crippen LogP contribution in [-0.2, 0) is 9.53 Å². The zero-order valence-corrected chi connectivity index (χ0v) is 9.73. The second-order valence-electron chi connectivity index (χ2n) is 3.83. The van der Waals surface area contributed by atoms with Gasteiger partial charge in [-0.1, -0.05) is 0 Å². The molecule has 0 saturated heterocycles. The number of ether oxygens (including phenoxy) is 1. The zero-order valence-electron chi connectivity index (χ0n) is 9.73. The van der Waals surface area contributed by atoms with Crippen molar-refractivity contribution in [1.82, 2.24) is 0 Å². The number of carbonyl (C=O) groups excluding carboxylic acids is 1. The molecule has 0 aliphatic heterocycles. The molecule has 0 unspecified atom stereocenters. The third kappa shape index (κ3) is 5.36. The summed E-state index contributed by atoms with van der Waals surface area (Å²) < 4.78 is 10.1. The van der Waals surface area contributed by atoms with Crippen LogP contribution in [0.4, 0.5) is 0 Å². The van der Waals surface area contributed by atoms with Gasteiger partial charge >= 0.3 is 5.97 Å². The van der Waals surface area contributed by atoms with E-state index in [2.05, 4.69) is 14.1 Å². The van der Waals surface area contributed by atoms with Crippen LogP contribution < -0.4 is 4.90 Å². The standard InChI is InChI=1S/C12H17NO3/c1-13(2)8-4-10-16-12(14)7-6-11-5-3-9-15-11/h3,5-7,9H,4,8,10H2,1-2H3/p+1/b7-6+. The van der Waals surface area contributed by atoms with E-state index in [-0.39, 0.29) is 5.97 Å². The van der Waals surface area contributed by atoms with E-state index in [0.29, 0.717) is 12.4 Å². The highest BCUT2D eigenvalue weighted by Gasteiger charge is 1.99. The molecule has 0 fully saturated rings. The first-order chi connectivity index (χ1) is 7.68. The summed E-state index contributed by atoms with van der Waals surface area (Å²) in [5.41, 5.74) is 0. The minimum atomic E-state index is -0.329. The first kappa shape index (κ1) is 12.5. The maximum absolute atomic E-state index is 11.2. The number of quaternary nitrogens is 1. The normalized spacial score (nSPS) is 11.2. The summed E-state index contributed by atoms with van der Waals surface area (Å²) in [5, 5.41) is 0. The Balaban J connectivity index is 2.16. The lowest BCUT2D eigenvalue weighted by atomic mass is 10.4. The lowest BCUT2D eigenvalue weighted by Crippen LogP contribution is -3.05. The Bertz CT molecular complexity index is 328. The molecule has 0 spiro atoms. The van der Waals surface area contributed by atoms with Crippen LogP contribution in [0.5, 0.6) is 0 Å². The highest BCUT2D eigenvalue weighted by atomic mass is 16.5. The molecule has 1 N–H and O–H groups in total. The smallest absolute Gasteiger partial charge is 0.330 e. The van der Waals surface area contributed by atoms with Crippen molar-refractivity contribution in [1.29, 1.82) is 0 Å². The van der Waals surface area contributed by atoms with Crippen LogP contribution in [0.25, 0.3) is 6.08 Å². The molecular weight excluding hydrogens is 206 g/mol. The van der Waals surface area contributed by atoms with Crippen molar-refractivity contribution in [2.45, 2.75) is 6.42 Å². The summed E-state index contributed by atoms with van der Waals surface area (Å²) in [6.45, 7) is 1.46. The van der Waals surface area contributed by atoms with Crippen LogP contribution in [-0.4, -0.2) is 33.2 Å². The molecule has 1 aromatic heterocycles. The van der Waals surface area contributed by atoms with Crippen molar-refractivity contribution < 1.29 is 18.8 Å². The van der Waals surface area contributed by atoms with Gasteiger partial charge in [0.25, 0.3) is 0 Å². The highest BCUT2D eigenvalue weighted by molar-refractivity contribution is 5.86. The number of carbonyl (C=O) groups is 1. The zero-order chi connectivity index (χ0) is 11.8. The molecule has 16 heavy (non-hydrogen) atoms. The van der Waals surface area contributed by atoms with Crippen molar-refractivity contribution in [3.05, 3.63) is 30.2 Å². The van der Waals surface area contributed by atoms with E-state index in [1.54, 1.807) is 24.5 Å². The molecule has 1 rings (SSSR count). The van der Waals surface area contributed by atoms with Gasteiger partial charge in [0, 0.05) is 12.5 Å². The van der Waals surface area contributed by atoms with E-state index in [9.17, 15) is 4.79 Å². The molecule has 0 aromatic carbocycles. The van der Waals surface area contributed by atoms with Gasteiger partial charge in [0.2, 0.25) is 0 Å². The van der Waals surface area contributed by atoms with Gasteiger partial charge in [0.05, 0.1) is 33.5 Å². The van der Waals surface area contributed by atoms with Crippen molar-refractivity contribution in [2.24, 2.45) is 0 Å². The minimum absolute atomic E-state index is 0.329. The largest absolute Gasteiger partial charge is 0.465 e. The molecule has 4 nitrogen and oxygen atoms in total. The molecule has 4 heteroatoms. The molecule has 0 atom stereocenters. The summed E-state index contributed by atoms with van der Waals surface area (Å²) in [5.74, 6) is 0.319. The maximum Gasteiger partial charge on any atom is 0.330 e. The fourth-order valence-electron chi connectivity index (χ4n) is 1.18. The maximum atomic E-state index is 11.2. The molecule has 88 valence electrons. The average molecular weight is 224 g/mol. The van der Waals surface area contributed by atoms with Crippen LogP contribution in [0, 0.1) is 0 Å². The van der Waals surface area contributed by atoms with E-state index in [1.807, 2.05) is 0 Å². The van der Waals surface area contributed by atoms with Gasteiger partial charge in [0.1, 0.15) is 5.76 Å². The van der Waals surface area contributed by atoms with Crippen LogP contribution in [0.1, 0.15) is 12.2 Å². The third-order valence-corrected chi connectivity index (χ3v) is 1.99. The molecular formula is C12H18NO3+. The highest BCUT2D eigenvalue weighted by Crippen LogP contribution is 2.02. The average Bonchev–Trinajstić information content (AvgIpc) is 2.74. The fourth-order valence-corrected chi connectivity index (χ4v) is 1.18. The van der Waals surface area contributed by atoms with E-state index in [4.69, 9.17) is 9.15 Å². The predicted molar refractivity (Wildman–Crippen MR) is 61.0 cm³/mol. The third-order valence-electron chi connectivity index (χ3n) is 1.99. The summed E-state index contributed by atoms with van der Waals surface area (Å²) in [6, 6.07) is 3.55. The number of hydrogen-bond donors (Lipinski definition) is 1. The van der Waals surface area contributed by atoms with Crippen LogP contribution in [0.15, 0.2) is 28.9 Å². The molecule has 0 amide bonds. The molecule has 0 radical (unpaired) electrons. The molecule has 0 bridgehead atoms. The van der Waals surface area contributed by atoms with Crippen LogP contribution in [0.3, 0.4) is 0 Å². The Morgan fingerprint density at radius 1 is 1.56 bits per heavy atom. The first-order valence-electron chi connectivity index (χ1n) is 5.36. The van der Waals surface area contributed by atoms with Crippen molar-refractivity contribution in [2.75, 3.05) is 27.2 Å². The van der Waals surface area contributed by atoms with Gasteiger partial charge in [-0.3, -0.25) is 0 Å². The van der Waals surface area contributed by atoms with Gasteiger partial charge in [-0.2, -0.15) is 0 Å². The van der Waals surface area contributed by atoms with E-state index in [0.717, 1.165) is 13.0 Å². The summed E-state index contributed by atoms with van der Waals surface area (Å²) >= 11 is 0. The second kappa shape index (κ2) is 6.85. The summed E-state index contributed by atoms with van der Waals surface area (Å²) in [7, 11) is 4.14. The number of furan rings is 1. The van der Waals surface area contributed by atoms with E-state index >= 15 is 0 Å². The molecule has 0 aliphatic carbocycles. The Labute approximate surface area is 95.5 Å². The lowest BCUT2D eigenvalue weighted by molar-refractivity contribution is -0.858. The van der Waals surface area contributed by atoms with Crippen molar-refractivity contribution in [3.8, 4) is 0 Å². The van der Waals surface area contributed by atoms with Crippen LogP contribution >= 0.6 is 0 Å². The molecule has 0 aliphatic rings. The summed E-state index contributed by atoms with van der Waals surface area (Å²) in [6.07, 6.45) is 5.41. The quantitative estimate of drug-likeness (QED) is 0.431. The number of nitrogens with one attached hydrogen (secondary N) is 1. The molecule has 0 saturated carbocycles. The van der Waals surface area contributed by atoms with Gasteiger partial charge in [-0.05, 0) is 18.2 Å². The SMILES string of the molecule is C[NH+](C)CCCOC(=O)/C=C/c1ccco1. The number of esters is 1. The number of hydrogen-bond acceptors (Lipinski definition) is 3. The van der Waals surface area contributed by atoms with E-state index in [1.165, 1.54) is 11.0 Å². The molecule has 1 aromatic rings. The number of rotatable bonds is 6. The Kier molecular flexibility index (Phi) is 5.36. The molecule has 1 heterocycles. The van der Waals surface area contributed by atoms with Crippen molar-refractivity contribution in [3.63, 3.8) is 0 Å². The Hall–Kier alpha value is -1.55. The van der Waals surface area contributed by atoms with Gasteiger partial charge in [0.15, 0.2) is 0 Å². The van der Waals surface area contributed by atoms with Crippen LogP contribution in [0.2, 0.25) is 0 Å². The van der Waals surface area contributed by atoms with E-state index < -0.39 is 0 Å². The minimum Gasteiger partial charge on any atom is -0.465 e. The summed E-state index contributed by atoms with van der Waals surface area (Å²) in [4.78, 5) is 12.6.